The molecule has 2 unspecified atom stereocenters. The molecule has 1 aliphatic carbocycles. The molecule has 192 valence electrons. The van der Waals surface area contributed by atoms with Crippen molar-refractivity contribution in [2.75, 3.05) is 0 Å². The first-order chi connectivity index (χ1) is 17.1. The zero-order valence-corrected chi connectivity index (χ0v) is 23.6. The fourth-order valence-corrected chi connectivity index (χ4v) is 6.15. The zero-order valence-electron chi connectivity index (χ0n) is 22.6. The molecule has 5 rings (SSSR count). The van der Waals surface area contributed by atoms with Gasteiger partial charge in [0.1, 0.15) is 0 Å². The Morgan fingerprint density at radius 2 is 1.81 bits per heavy atom. The van der Waals surface area contributed by atoms with Crippen molar-refractivity contribution in [3.05, 3.63) is 43.2 Å². The quantitative estimate of drug-likeness (QED) is 0.252. The van der Waals surface area contributed by atoms with Crippen LogP contribution in [0.25, 0.3) is 28.0 Å². The van der Waals surface area contributed by atoms with Gasteiger partial charge in [-0.15, -0.1) is 0 Å². The molecule has 9 heteroatoms. The Morgan fingerprint density at radius 1 is 1.06 bits per heavy atom. The van der Waals surface area contributed by atoms with Gasteiger partial charge >= 0.3 is 0 Å². The second-order valence-corrected chi connectivity index (χ2v) is 16.6. The molecule has 4 heterocycles. The summed E-state index contributed by atoms with van der Waals surface area (Å²) in [5, 5.41) is 14.0. The monoisotopic (exact) mass is 505 g/mol. The van der Waals surface area contributed by atoms with Crippen molar-refractivity contribution in [3.8, 4) is 22.5 Å². The maximum absolute atomic E-state index is 6.54. The van der Waals surface area contributed by atoms with E-state index in [-0.39, 0.29) is 11.1 Å². The van der Waals surface area contributed by atoms with Crippen LogP contribution in [0.5, 0.6) is 0 Å². The third-order valence-corrected chi connectivity index (χ3v) is 12.5. The Bertz CT molecular complexity index is 1340. The number of fused-ring (bicyclic) bond motifs is 1. The molecule has 0 aliphatic heterocycles. The summed E-state index contributed by atoms with van der Waals surface area (Å²) in [6.07, 6.45) is 15.6. The SMILES string of the molecule is CCC(C1CC1)n1cc(-c2nc(-c3cnn(CC(C)O[Si](C)(C)C(C)(C)C)c3)cn3nccc23)cn1. The van der Waals surface area contributed by atoms with Crippen molar-refractivity contribution < 1.29 is 4.43 Å². The summed E-state index contributed by atoms with van der Waals surface area (Å²) in [6.45, 7) is 16.5. The van der Waals surface area contributed by atoms with Crippen LogP contribution in [0.1, 0.15) is 59.9 Å². The Morgan fingerprint density at radius 3 is 2.50 bits per heavy atom. The van der Waals surface area contributed by atoms with Crippen molar-refractivity contribution in [1.82, 2.24) is 34.2 Å². The van der Waals surface area contributed by atoms with E-state index in [9.17, 15) is 0 Å². The van der Waals surface area contributed by atoms with Crippen molar-refractivity contribution >= 4 is 13.8 Å². The first-order valence-corrected chi connectivity index (χ1v) is 16.1. The summed E-state index contributed by atoms with van der Waals surface area (Å²) >= 11 is 0. The Balaban J connectivity index is 1.40. The van der Waals surface area contributed by atoms with E-state index in [0.29, 0.717) is 12.6 Å². The molecule has 0 bridgehead atoms. The van der Waals surface area contributed by atoms with Crippen LogP contribution >= 0.6 is 0 Å². The second-order valence-electron chi connectivity index (χ2n) is 11.8. The van der Waals surface area contributed by atoms with Crippen LogP contribution in [-0.4, -0.2) is 48.6 Å². The van der Waals surface area contributed by atoms with Gasteiger partial charge in [0, 0.05) is 23.5 Å². The zero-order chi connectivity index (χ0) is 25.7. The standard InChI is InChI=1S/C27H39N7OSi/c1-8-24(20-9-10-20)33-17-22(14-30-33)26-25-11-12-28-34(25)18-23(31-26)21-13-29-32(16-21)15-19(2)35-36(6,7)27(3,4)5/h11-14,16-20,24H,8-10,15H2,1-7H3. The Labute approximate surface area is 214 Å². The highest BCUT2D eigenvalue weighted by Gasteiger charge is 2.38. The largest absolute Gasteiger partial charge is 0.412 e. The number of nitrogens with zero attached hydrogens (tertiary/aromatic N) is 7. The van der Waals surface area contributed by atoms with Gasteiger partial charge in [0.15, 0.2) is 8.32 Å². The van der Waals surface area contributed by atoms with Gasteiger partial charge in [-0.25, -0.2) is 9.50 Å². The van der Waals surface area contributed by atoms with Crippen LogP contribution < -0.4 is 0 Å². The lowest BCUT2D eigenvalue weighted by Gasteiger charge is -2.38. The highest BCUT2D eigenvalue weighted by molar-refractivity contribution is 6.74. The average molecular weight is 506 g/mol. The van der Waals surface area contributed by atoms with Gasteiger partial charge in [-0.3, -0.25) is 9.36 Å². The molecule has 0 amide bonds. The third kappa shape index (κ3) is 4.91. The molecule has 0 spiro atoms. The lowest BCUT2D eigenvalue weighted by Crippen LogP contribution is -2.44. The van der Waals surface area contributed by atoms with Gasteiger partial charge in [-0.2, -0.15) is 15.3 Å². The topological polar surface area (TPSA) is 75.1 Å². The van der Waals surface area contributed by atoms with Gasteiger partial charge < -0.3 is 4.43 Å². The number of hydrogen-bond donors (Lipinski definition) is 0. The molecule has 8 nitrogen and oxygen atoms in total. The molecule has 1 aliphatic rings. The first-order valence-electron chi connectivity index (χ1n) is 13.2. The van der Waals surface area contributed by atoms with Crippen LogP contribution in [0, 0.1) is 5.92 Å². The minimum atomic E-state index is -1.83. The molecular formula is C27H39N7OSi. The van der Waals surface area contributed by atoms with Gasteiger partial charge in [-0.1, -0.05) is 27.7 Å². The van der Waals surface area contributed by atoms with Crippen LogP contribution in [0.4, 0.5) is 0 Å². The molecule has 36 heavy (non-hydrogen) atoms. The summed E-state index contributed by atoms with van der Waals surface area (Å²) in [7, 11) is -1.83. The molecule has 2 atom stereocenters. The summed E-state index contributed by atoms with van der Waals surface area (Å²) in [4.78, 5) is 5.06. The fourth-order valence-electron chi connectivity index (χ4n) is 4.71. The van der Waals surface area contributed by atoms with Crippen molar-refractivity contribution in [1.29, 1.82) is 0 Å². The minimum Gasteiger partial charge on any atom is -0.412 e. The summed E-state index contributed by atoms with van der Waals surface area (Å²) in [6, 6.07) is 2.47. The lowest BCUT2D eigenvalue weighted by atomic mass is 10.1. The first kappa shape index (κ1) is 24.9. The van der Waals surface area contributed by atoms with Crippen LogP contribution in [0.2, 0.25) is 18.1 Å². The molecule has 4 aromatic rings. The van der Waals surface area contributed by atoms with Crippen LogP contribution in [0.3, 0.4) is 0 Å². The second kappa shape index (κ2) is 9.26. The van der Waals surface area contributed by atoms with Gasteiger partial charge in [0.25, 0.3) is 0 Å². The fraction of sp³-hybridized carbons (Fsp3) is 0.556. The van der Waals surface area contributed by atoms with E-state index < -0.39 is 8.32 Å². The van der Waals surface area contributed by atoms with E-state index in [4.69, 9.17) is 14.5 Å². The lowest BCUT2D eigenvalue weighted by molar-refractivity contribution is 0.174. The predicted octanol–water partition coefficient (Wildman–Crippen LogP) is 6.23. The average Bonchev–Trinajstić information content (AvgIpc) is 3.17. The van der Waals surface area contributed by atoms with E-state index in [0.717, 1.165) is 40.4 Å². The molecule has 0 N–H and O–H groups in total. The maximum Gasteiger partial charge on any atom is 0.192 e. The number of hydrogen-bond acceptors (Lipinski definition) is 5. The van der Waals surface area contributed by atoms with Crippen LogP contribution in [0.15, 0.2) is 43.2 Å². The minimum absolute atomic E-state index is 0.0829. The van der Waals surface area contributed by atoms with E-state index in [1.165, 1.54) is 12.8 Å². The van der Waals surface area contributed by atoms with Crippen molar-refractivity contribution in [2.24, 2.45) is 5.92 Å². The van der Waals surface area contributed by atoms with Gasteiger partial charge in [0.05, 0.1) is 60.4 Å². The van der Waals surface area contributed by atoms with E-state index >= 15 is 0 Å². The molecule has 4 aromatic heterocycles. The summed E-state index contributed by atoms with van der Waals surface area (Å²) in [5.41, 5.74) is 4.69. The number of aromatic nitrogens is 7. The molecular weight excluding hydrogens is 466 g/mol. The van der Waals surface area contributed by atoms with Crippen molar-refractivity contribution in [2.45, 2.75) is 90.7 Å². The molecule has 0 radical (unpaired) electrons. The summed E-state index contributed by atoms with van der Waals surface area (Å²) < 4.78 is 12.5. The maximum atomic E-state index is 6.54. The van der Waals surface area contributed by atoms with Crippen molar-refractivity contribution in [3.63, 3.8) is 0 Å². The normalized spacial score (nSPS) is 16.5. The number of rotatable bonds is 9. The smallest absolute Gasteiger partial charge is 0.192 e. The highest BCUT2D eigenvalue weighted by atomic mass is 28.4. The third-order valence-electron chi connectivity index (χ3n) is 7.86. The molecule has 0 aromatic carbocycles. The van der Waals surface area contributed by atoms with Gasteiger partial charge in [0.2, 0.25) is 0 Å². The predicted molar refractivity (Wildman–Crippen MR) is 145 cm³/mol. The van der Waals surface area contributed by atoms with Crippen LogP contribution in [-0.2, 0) is 11.0 Å². The van der Waals surface area contributed by atoms with Gasteiger partial charge in [-0.05, 0) is 56.3 Å². The molecule has 1 fully saturated rings. The molecule has 0 saturated heterocycles. The molecule has 1 saturated carbocycles. The van der Waals surface area contributed by atoms with E-state index in [2.05, 4.69) is 75.0 Å². The van der Waals surface area contributed by atoms with E-state index in [1.54, 1.807) is 0 Å². The summed E-state index contributed by atoms with van der Waals surface area (Å²) in [5.74, 6) is 0.755. The Hall–Kier alpha value is -2.78. The van der Waals surface area contributed by atoms with E-state index in [1.807, 2.05) is 40.1 Å². The Kier molecular flexibility index (Phi) is 6.40. The highest BCUT2D eigenvalue weighted by Crippen LogP contribution is 2.41.